The molecule has 0 bridgehead atoms. The molecular weight excluding hydrogens is 292 g/mol. The molecule has 1 aliphatic rings. The van der Waals surface area contributed by atoms with E-state index in [1.807, 2.05) is 0 Å². The van der Waals surface area contributed by atoms with E-state index >= 15 is 0 Å². The molecule has 0 amide bonds. The van der Waals surface area contributed by atoms with E-state index in [1.165, 1.54) is 5.70 Å². The lowest BCUT2D eigenvalue weighted by Crippen LogP contribution is -2.26. The fourth-order valence-corrected chi connectivity index (χ4v) is 2.54. The molecule has 0 aromatic heterocycles. The van der Waals surface area contributed by atoms with Gasteiger partial charge < -0.3 is 9.64 Å². The third-order valence-corrected chi connectivity index (χ3v) is 3.64. The van der Waals surface area contributed by atoms with Crippen LogP contribution < -0.4 is 4.74 Å². The Morgan fingerprint density at radius 3 is 3.00 bits per heavy atom. The Labute approximate surface area is 129 Å². The molecule has 20 heavy (non-hydrogen) atoms. The van der Waals surface area contributed by atoms with Crippen LogP contribution in [0.3, 0.4) is 0 Å². The second kappa shape index (κ2) is 6.89. The molecule has 0 radical (unpaired) electrons. The summed E-state index contributed by atoms with van der Waals surface area (Å²) in [5, 5.41) is 2.89. The second-order valence-electron chi connectivity index (χ2n) is 4.94. The Hall–Kier alpha value is -1.35. The van der Waals surface area contributed by atoms with Crippen LogP contribution in [0.4, 0.5) is 5.69 Å². The summed E-state index contributed by atoms with van der Waals surface area (Å²) in [4.78, 5) is 6.27. The summed E-state index contributed by atoms with van der Waals surface area (Å²) in [6.45, 7) is 5.44. The fourth-order valence-electron chi connectivity index (χ4n) is 2.27. The predicted octanol–water partition coefficient (Wildman–Crippen LogP) is 4.80. The maximum atomic E-state index is 6.12. The molecule has 0 unspecified atom stereocenters. The Balaban J connectivity index is 2.17. The molecule has 0 N–H and O–H groups in total. The van der Waals surface area contributed by atoms with Crippen LogP contribution in [-0.2, 0) is 0 Å². The minimum absolute atomic E-state index is 0.480. The average molecular weight is 309 g/mol. The molecule has 3 nitrogen and oxygen atoms in total. The smallest absolute Gasteiger partial charge is 0.147 e. The number of allylic oxidation sites excluding steroid dienone is 1. The first-order valence-electron chi connectivity index (χ1n) is 6.61. The minimum atomic E-state index is 0.480. The van der Waals surface area contributed by atoms with Crippen LogP contribution in [0.1, 0.15) is 26.7 Å². The minimum Gasteiger partial charge on any atom is -0.462 e. The van der Waals surface area contributed by atoms with Gasteiger partial charge in [-0.05, 0) is 51.0 Å². The SMILES string of the molecule is CC(C)N1CCC/C1=C/Oc1cc(N=C=S)ccc1Cl. The molecule has 106 valence electrons. The number of thiocarbonyl (C=S) groups is 1. The molecule has 0 saturated carbocycles. The van der Waals surface area contributed by atoms with Crippen molar-refractivity contribution in [3.8, 4) is 5.75 Å². The number of isothiocyanates is 1. The zero-order chi connectivity index (χ0) is 14.5. The number of hydrogen-bond acceptors (Lipinski definition) is 4. The Kier molecular flexibility index (Phi) is 5.18. The van der Waals surface area contributed by atoms with Gasteiger partial charge in [0.15, 0.2) is 0 Å². The van der Waals surface area contributed by atoms with Crippen molar-refractivity contribution in [2.45, 2.75) is 32.7 Å². The fraction of sp³-hybridized carbons (Fsp3) is 0.400. The van der Waals surface area contributed by atoms with Gasteiger partial charge in [-0.3, -0.25) is 0 Å². The average Bonchev–Trinajstić information content (AvgIpc) is 2.88. The zero-order valence-corrected chi connectivity index (χ0v) is 13.2. The highest BCUT2D eigenvalue weighted by molar-refractivity contribution is 7.78. The predicted molar refractivity (Wildman–Crippen MR) is 85.9 cm³/mol. The maximum Gasteiger partial charge on any atom is 0.147 e. The van der Waals surface area contributed by atoms with E-state index in [0.717, 1.165) is 19.4 Å². The lowest BCUT2D eigenvalue weighted by atomic mass is 10.3. The summed E-state index contributed by atoms with van der Waals surface area (Å²) < 4.78 is 5.73. The first kappa shape index (κ1) is 15.0. The topological polar surface area (TPSA) is 24.8 Å². The highest BCUT2D eigenvalue weighted by atomic mass is 35.5. The van der Waals surface area contributed by atoms with Crippen molar-refractivity contribution in [1.82, 2.24) is 4.90 Å². The quantitative estimate of drug-likeness (QED) is 0.454. The number of halogens is 1. The molecule has 0 atom stereocenters. The first-order valence-corrected chi connectivity index (χ1v) is 7.40. The molecule has 1 fully saturated rings. The van der Waals surface area contributed by atoms with Crippen molar-refractivity contribution in [2.75, 3.05) is 6.54 Å². The maximum absolute atomic E-state index is 6.12. The number of aliphatic imine (C=N–C) groups is 1. The van der Waals surface area contributed by atoms with Gasteiger partial charge in [0.2, 0.25) is 0 Å². The molecule has 0 aliphatic carbocycles. The van der Waals surface area contributed by atoms with Crippen LogP contribution in [0.25, 0.3) is 0 Å². The van der Waals surface area contributed by atoms with Crippen LogP contribution in [0, 0.1) is 0 Å². The highest BCUT2D eigenvalue weighted by Crippen LogP contribution is 2.30. The van der Waals surface area contributed by atoms with Crippen molar-refractivity contribution in [2.24, 2.45) is 4.99 Å². The van der Waals surface area contributed by atoms with Crippen LogP contribution in [0.15, 0.2) is 35.2 Å². The van der Waals surface area contributed by atoms with E-state index in [4.69, 9.17) is 16.3 Å². The van der Waals surface area contributed by atoms with Crippen molar-refractivity contribution in [1.29, 1.82) is 0 Å². The second-order valence-corrected chi connectivity index (χ2v) is 5.53. The first-order chi connectivity index (χ1) is 9.61. The molecule has 1 heterocycles. The largest absolute Gasteiger partial charge is 0.462 e. The summed E-state index contributed by atoms with van der Waals surface area (Å²) >= 11 is 10.7. The van der Waals surface area contributed by atoms with Gasteiger partial charge in [-0.2, -0.15) is 4.99 Å². The van der Waals surface area contributed by atoms with Gasteiger partial charge in [0.1, 0.15) is 12.0 Å². The van der Waals surface area contributed by atoms with Gasteiger partial charge >= 0.3 is 0 Å². The number of benzene rings is 1. The molecule has 2 rings (SSSR count). The molecule has 1 saturated heterocycles. The third kappa shape index (κ3) is 3.60. The van der Waals surface area contributed by atoms with Gasteiger partial charge in [0.05, 0.1) is 15.9 Å². The van der Waals surface area contributed by atoms with Crippen molar-refractivity contribution in [3.05, 3.63) is 35.2 Å². The van der Waals surface area contributed by atoms with Gasteiger partial charge in [0.25, 0.3) is 0 Å². The Morgan fingerprint density at radius 1 is 1.50 bits per heavy atom. The van der Waals surface area contributed by atoms with E-state index in [0.29, 0.717) is 22.5 Å². The normalized spacial score (nSPS) is 16.6. The molecule has 1 aromatic rings. The van der Waals surface area contributed by atoms with E-state index in [1.54, 1.807) is 24.5 Å². The van der Waals surface area contributed by atoms with Gasteiger partial charge in [0, 0.05) is 24.4 Å². The van der Waals surface area contributed by atoms with Crippen LogP contribution in [-0.4, -0.2) is 22.6 Å². The third-order valence-electron chi connectivity index (χ3n) is 3.24. The van der Waals surface area contributed by atoms with Crippen LogP contribution in [0.5, 0.6) is 5.75 Å². The molecule has 0 spiro atoms. The van der Waals surface area contributed by atoms with Crippen LogP contribution in [0.2, 0.25) is 5.02 Å². The molecule has 1 aliphatic heterocycles. The number of hydrogen-bond donors (Lipinski definition) is 0. The van der Waals surface area contributed by atoms with E-state index in [-0.39, 0.29) is 0 Å². The van der Waals surface area contributed by atoms with Crippen LogP contribution >= 0.6 is 23.8 Å². The van der Waals surface area contributed by atoms with Gasteiger partial charge in [-0.25, -0.2) is 0 Å². The monoisotopic (exact) mass is 308 g/mol. The lowest BCUT2D eigenvalue weighted by Gasteiger charge is -2.24. The highest BCUT2D eigenvalue weighted by Gasteiger charge is 2.19. The van der Waals surface area contributed by atoms with Gasteiger partial charge in [-0.15, -0.1) is 0 Å². The number of rotatable bonds is 4. The van der Waals surface area contributed by atoms with Gasteiger partial charge in [-0.1, -0.05) is 11.6 Å². The van der Waals surface area contributed by atoms with Crippen molar-refractivity contribution < 1.29 is 4.74 Å². The summed E-state index contributed by atoms with van der Waals surface area (Å²) in [5.74, 6) is 0.585. The van der Waals surface area contributed by atoms with E-state index in [2.05, 4.69) is 41.1 Å². The van der Waals surface area contributed by atoms with Crippen molar-refractivity contribution in [3.63, 3.8) is 0 Å². The number of ether oxygens (including phenoxy) is 1. The Morgan fingerprint density at radius 2 is 2.30 bits per heavy atom. The zero-order valence-electron chi connectivity index (χ0n) is 11.6. The summed E-state index contributed by atoms with van der Waals surface area (Å²) in [5.41, 5.74) is 1.89. The molecule has 1 aromatic carbocycles. The van der Waals surface area contributed by atoms with Crippen molar-refractivity contribution >= 4 is 34.7 Å². The molecule has 5 heteroatoms. The summed E-state index contributed by atoms with van der Waals surface area (Å²) in [6, 6.07) is 5.76. The number of likely N-dealkylation sites (tertiary alicyclic amines) is 1. The Bertz CT molecular complexity index is 565. The summed E-state index contributed by atoms with van der Waals surface area (Å²) in [7, 11) is 0. The van der Waals surface area contributed by atoms with E-state index < -0.39 is 0 Å². The van der Waals surface area contributed by atoms with E-state index in [9.17, 15) is 0 Å². The summed E-state index contributed by atoms with van der Waals surface area (Å²) in [6.07, 6.45) is 3.99. The number of nitrogens with zero attached hydrogens (tertiary/aromatic N) is 2. The lowest BCUT2D eigenvalue weighted by molar-refractivity contribution is 0.311. The standard InChI is InChI=1S/C15H17ClN2OS/c1-11(2)18-7-3-4-13(18)9-19-15-8-12(17-10-20)5-6-14(15)16/h5-6,8-9,11H,3-4,7H2,1-2H3/b13-9-. The molecular formula is C15H17ClN2OS.